The Balaban J connectivity index is 2.46. The van der Waals surface area contributed by atoms with Crippen molar-refractivity contribution < 1.29 is 8.78 Å². The van der Waals surface area contributed by atoms with Gasteiger partial charge in [0.2, 0.25) is 0 Å². The van der Waals surface area contributed by atoms with Gasteiger partial charge in [-0.25, -0.2) is 8.78 Å². The quantitative estimate of drug-likeness (QED) is 0.733. The second-order valence-corrected chi connectivity index (χ2v) is 6.44. The number of halogens is 2. The molecule has 0 amide bonds. The third kappa shape index (κ3) is 6.15. The zero-order valence-corrected chi connectivity index (χ0v) is 12.4. The average molecular weight is 269 g/mol. The van der Waals surface area contributed by atoms with Gasteiger partial charge in [0.25, 0.3) is 0 Å². The molecule has 0 spiro atoms. The van der Waals surface area contributed by atoms with Crippen molar-refractivity contribution in [2.45, 2.75) is 40.5 Å². The first-order chi connectivity index (χ1) is 8.80. The largest absolute Gasteiger partial charge is 0.316 e. The highest BCUT2D eigenvalue weighted by molar-refractivity contribution is 5.19. The highest BCUT2D eigenvalue weighted by atomic mass is 19.2. The Morgan fingerprint density at radius 3 is 2.42 bits per heavy atom. The van der Waals surface area contributed by atoms with Crippen LogP contribution in [-0.4, -0.2) is 13.1 Å². The van der Waals surface area contributed by atoms with E-state index in [1.54, 1.807) is 6.07 Å². The normalized spacial score (nSPS) is 12.2. The van der Waals surface area contributed by atoms with Gasteiger partial charge in [0.15, 0.2) is 11.6 Å². The summed E-state index contributed by atoms with van der Waals surface area (Å²) >= 11 is 0. The topological polar surface area (TPSA) is 12.0 Å². The molecule has 1 aromatic carbocycles. The van der Waals surface area contributed by atoms with Gasteiger partial charge in [0.1, 0.15) is 0 Å². The van der Waals surface area contributed by atoms with E-state index < -0.39 is 11.6 Å². The Labute approximate surface area is 115 Å². The molecule has 1 nitrogen and oxygen atoms in total. The van der Waals surface area contributed by atoms with Gasteiger partial charge in [0.05, 0.1) is 0 Å². The molecule has 1 aromatic rings. The molecule has 0 aliphatic carbocycles. The number of nitrogens with one attached hydrogen (secondary N) is 1. The van der Waals surface area contributed by atoms with Crippen LogP contribution in [0.1, 0.15) is 39.7 Å². The molecule has 0 radical (unpaired) electrons. The van der Waals surface area contributed by atoms with E-state index in [0.717, 1.165) is 31.5 Å². The molecular formula is C16H25F2N. The van der Waals surface area contributed by atoms with Gasteiger partial charge in [-0.1, -0.05) is 33.8 Å². The molecule has 0 saturated carbocycles. The Bertz CT molecular complexity index is 400. The summed E-state index contributed by atoms with van der Waals surface area (Å²) in [5.41, 5.74) is 0.932. The lowest BCUT2D eigenvalue weighted by Crippen LogP contribution is -2.26. The van der Waals surface area contributed by atoms with Gasteiger partial charge in [-0.2, -0.15) is 0 Å². The summed E-state index contributed by atoms with van der Waals surface area (Å²) in [6.07, 6.45) is 1.77. The van der Waals surface area contributed by atoms with E-state index in [0.29, 0.717) is 5.92 Å². The molecule has 3 heteroatoms. The van der Waals surface area contributed by atoms with Crippen molar-refractivity contribution in [1.29, 1.82) is 0 Å². The summed E-state index contributed by atoms with van der Waals surface area (Å²) in [5, 5.41) is 3.41. The molecule has 0 aliphatic heterocycles. The maximum absolute atomic E-state index is 13.2. The van der Waals surface area contributed by atoms with Crippen LogP contribution < -0.4 is 5.32 Å². The van der Waals surface area contributed by atoms with Crippen molar-refractivity contribution in [3.05, 3.63) is 35.4 Å². The first kappa shape index (κ1) is 16.1. The summed E-state index contributed by atoms with van der Waals surface area (Å²) in [7, 11) is 0. The summed E-state index contributed by atoms with van der Waals surface area (Å²) in [4.78, 5) is 0. The Morgan fingerprint density at radius 1 is 1.16 bits per heavy atom. The van der Waals surface area contributed by atoms with Gasteiger partial charge < -0.3 is 5.32 Å². The van der Waals surface area contributed by atoms with Gasteiger partial charge >= 0.3 is 0 Å². The molecule has 1 N–H and O–H groups in total. The van der Waals surface area contributed by atoms with Crippen LogP contribution in [0.25, 0.3) is 0 Å². The summed E-state index contributed by atoms with van der Waals surface area (Å²) in [5.74, 6) is -0.888. The molecule has 0 atom stereocenters. The monoisotopic (exact) mass is 269 g/mol. The third-order valence-electron chi connectivity index (χ3n) is 3.20. The minimum absolute atomic E-state index is 0.0776. The molecule has 0 fully saturated rings. The molecular weight excluding hydrogens is 244 g/mol. The standard InChI is InChI=1S/C16H25F2N/c1-12(2)11-19-8-7-16(3,4)10-13-5-6-14(17)15(18)9-13/h5-6,9,12,19H,7-8,10-11H2,1-4H3. The fourth-order valence-electron chi connectivity index (χ4n) is 2.11. The maximum Gasteiger partial charge on any atom is 0.159 e. The highest BCUT2D eigenvalue weighted by Gasteiger charge is 2.18. The maximum atomic E-state index is 13.2. The molecule has 0 saturated heterocycles. The lowest BCUT2D eigenvalue weighted by atomic mass is 9.82. The van der Waals surface area contributed by atoms with E-state index >= 15 is 0 Å². The van der Waals surface area contributed by atoms with E-state index in [9.17, 15) is 8.78 Å². The van der Waals surface area contributed by atoms with Crippen LogP contribution >= 0.6 is 0 Å². The van der Waals surface area contributed by atoms with E-state index in [1.807, 2.05) is 0 Å². The van der Waals surface area contributed by atoms with E-state index in [-0.39, 0.29) is 5.41 Å². The van der Waals surface area contributed by atoms with Crippen LogP contribution in [0.3, 0.4) is 0 Å². The van der Waals surface area contributed by atoms with Crippen molar-refractivity contribution in [1.82, 2.24) is 5.32 Å². The van der Waals surface area contributed by atoms with Crippen molar-refractivity contribution in [2.75, 3.05) is 13.1 Å². The molecule has 108 valence electrons. The van der Waals surface area contributed by atoms with Gasteiger partial charge in [-0.3, -0.25) is 0 Å². The minimum atomic E-state index is -0.778. The number of benzene rings is 1. The molecule has 0 unspecified atom stereocenters. The van der Waals surface area contributed by atoms with Crippen molar-refractivity contribution >= 4 is 0 Å². The summed E-state index contributed by atoms with van der Waals surface area (Å²) in [6.45, 7) is 10.6. The number of rotatable bonds is 7. The van der Waals surface area contributed by atoms with Crippen LogP contribution in [-0.2, 0) is 6.42 Å². The lowest BCUT2D eigenvalue weighted by molar-refractivity contribution is 0.321. The summed E-state index contributed by atoms with van der Waals surface area (Å²) in [6, 6.07) is 4.18. The van der Waals surface area contributed by atoms with Crippen molar-refractivity contribution in [3.63, 3.8) is 0 Å². The van der Waals surface area contributed by atoms with Crippen LogP contribution in [0.15, 0.2) is 18.2 Å². The third-order valence-corrected chi connectivity index (χ3v) is 3.20. The molecule has 0 bridgehead atoms. The predicted molar refractivity (Wildman–Crippen MR) is 76.2 cm³/mol. The molecule has 19 heavy (non-hydrogen) atoms. The zero-order chi connectivity index (χ0) is 14.5. The van der Waals surface area contributed by atoms with Crippen molar-refractivity contribution in [2.24, 2.45) is 11.3 Å². The lowest BCUT2D eigenvalue weighted by Gasteiger charge is -2.25. The fourth-order valence-corrected chi connectivity index (χ4v) is 2.11. The second kappa shape index (κ2) is 6.99. The smallest absolute Gasteiger partial charge is 0.159 e. The highest BCUT2D eigenvalue weighted by Crippen LogP contribution is 2.26. The van der Waals surface area contributed by atoms with E-state index in [1.165, 1.54) is 12.1 Å². The molecule has 1 rings (SSSR count). The number of hydrogen-bond donors (Lipinski definition) is 1. The van der Waals surface area contributed by atoms with Gasteiger partial charge in [0, 0.05) is 0 Å². The molecule has 0 aliphatic rings. The SMILES string of the molecule is CC(C)CNCCC(C)(C)Cc1ccc(F)c(F)c1. The summed E-state index contributed by atoms with van der Waals surface area (Å²) < 4.78 is 26.0. The van der Waals surface area contributed by atoms with Crippen LogP contribution in [0.4, 0.5) is 8.78 Å². The van der Waals surface area contributed by atoms with Gasteiger partial charge in [-0.05, 0) is 55.0 Å². The minimum Gasteiger partial charge on any atom is -0.316 e. The second-order valence-electron chi connectivity index (χ2n) is 6.44. The van der Waals surface area contributed by atoms with Gasteiger partial charge in [-0.15, -0.1) is 0 Å². The number of hydrogen-bond acceptors (Lipinski definition) is 1. The Hall–Kier alpha value is -0.960. The molecule has 0 aromatic heterocycles. The Morgan fingerprint density at radius 2 is 1.84 bits per heavy atom. The first-order valence-corrected chi connectivity index (χ1v) is 6.95. The van der Waals surface area contributed by atoms with Crippen molar-refractivity contribution in [3.8, 4) is 0 Å². The van der Waals surface area contributed by atoms with Crippen LogP contribution in [0.2, 0.25) is 0 Å². The van der Waals surface area contributed by atoms with Crippen LogP contribution in [0, 0.1) is 23.0 Å². The molecule has 0 heterocycles. The first-order valence-electron chi connectivity index (χ1n) is 6.95. The Kier molecular flexibility index (Phi) is 5.92. The fraction of sp³-hybridized carbons (Fsp3) is 0.625. The van der Waals surface area contributed by atoms with E-state index in [4.69, 9.17) is 0 Å². The average Bonchev–Trinajstić information content (AvgIpc) is 2.29. The zero-order valence-electron chi connectivity index (χ0n) is 12.4. The van der Waals surface area contributed by atoms with E-state index in [2.05, 4.69) is 33.0 Å². The van der Waals surface area contributed by atoms with Crippen LogP contribution in [0.5, 0.6) is 0 Å². The predicted octanol–water partition coefficient (Wildman–Crippen LogP) is 4.17.